The first-order valence-electron chi connectivity index (χ1n) is 3.20. The lowest BCUT2D eigenvalue weighted by Crippen LogP contribution is -1.99. The molecule has 1 saturated carbocycles. The Morgan fingerprint density at radius 3 is 2.75 bits per heavy atom. The van der Waals surface area contributed by atoms with Gasteiger partial charge in [0.2, 0.25) is 0 Å². The van der Waals surface area contributed by atoms with E-state index in [1.165, 1.54) is 18.4 Å². The standard InChI is InChI=1S/C7H13N/c1-6(5-8)4-7-2-3-7/h4,7H,2-3,5,8H2,1H3. The van der Waals surface area contributed by atoms with Crippen molar-refractivity contribution in [1.29, 1.82) is 0 Å². The first kappa shape index (κ1) is 5.83. The van der Waals surface area contributed by atoms with Gasteiger partial charge in [-0.05, 0) is 25.7 Å². The molecule has 0 atom stereocenters. The van der Waals surface area contributed by atoms with Gasteiger partial charge in [0.1, 0.15) is 0 Å². The highest BCUT2D eigenvalue weighted by atomic mass is 14.5. The molecule has 0 aromatic rings. The Balaban J connectivity index is 2.27. The molecule has 1 aliphatic rings. The van der Waals surface area contributed by atoms with Crippen LogP contribution in [0.2, 0.25) is 0 Å². The maximum atomic E-state index is 5.38. The van der Waals surface area contributed by atoms with Gasteiger partial charge in [0.05, 0.1) is 0 Å². The lowest BCUT2D eigenvalue weighted by Gasteiger charge is -1.90. The first-order chi connectivity index (χ1) is 3.83. The number of hydrogen-bond acceptors (Lipinski definition) is 1. The minimum atomic E-state index is 0.733. The molecule has 0 unspecified atom stereocenters. The van der Waals surface area contributed by atoms with Crippen LogP contribution >= 0.6 is 0 Å². The van der Waals surface area contributed by atoms with E-state index in [4.69, 9.17) is 5.73 Å². The van der Waals surface area contributed by atoms with Crippen LogP contribution in [-0.2, 0) is 0 Å². The molecule has 0 aliphatic heterocycles. The Bertz CT molecular complexity index is 101. The van der Waals surface area contributed by atoms with E-state index in [0.717, 1.165) is 12.5 Å². The molecule has 1 heteroatoms. The van der Waals surface area contributed by atoms with E-state index in [1.54, 1.807) is 0 Å². The summed E-state index contributed by atoms with van der Waals surface area (Å²) in [5.41, 5.74) is 6.72. The van der Waals surface area contributed by atoms with Crippen molar-refractivity contribution in [2.75, 3.05) is 6.54 Å². The van der Waals surface area contributed by atoms with Crippen LogP contribution in [0.3, 0.4) is 0 Å². The van der Waals surface area contributed by atoms with Crippen molar-refractivity contribution in [2.24, 2.45) is 11.7 Å². The van der Waals surface area contributed by atoms with Gasteiger partial charge in [0.25, 0.3) is 0 Å². The molecule has 0 saturated heterocycles. The van der Waals surface area contributed by atoms with E-state index in [0.29, 0.717) is 0 Å². The second-order valence-corrected chi connectivity index (χ2v) is 2.55. The summed E-state index contributed by atoms with van der Waals surface area (Å²) >= 11 is 0. The largest absolute Gasteiger partial charge is 0.327 e. The van der Waals surface area contributed by atoms with E-state index in [1.807, 2.05) is 0 Å². The topological polar surface area (TPSA) is 26.0 Å². The minimum absolute atomic E-state index is 0.733. The Morgan fingerprint density at radius 1 is 1.75 bits per heavy atom. The van der Waals surface area contributed by atoms with Crippen molar-refractivity contribution < 1.29 is 0 Å². The minimum Gasteiger partial charge on any atom is -0.327 e. The van der Waals surface area contributed by atoms with Crippen LogP contribution in [-0.4, -0.2) is 6.54 Å². The molecular weight excluding hydrogens is 98.1 g/mol. The predicted molar refractivity (Wildman–Crippen MR) is 35.5 cm³/mol. The fourth-order valence-electron chi connectivity index (χ4n) is 0.733. The van der Waals surface area contributed by atoms with Crippen LogP contribution in [0.4, 0.5) is 0 Å². The third-order valence-corrected chi connectivity index (χ3v) is 1.46. The van der Waals surface area contributed by atoms with E-state index < -0.39 is 0 Å². The molecule has 0 spiro atoms. The molecule has 1 nitrogen and oxygen atoms in total. The molecule has 46 valence electrons. The summed E-state index contributed by atoms with van der Waals surface area (Å²) in [4.78, 5) is 0. The van der Waals surface area contributed by atoms with Crippen molar-refractivity contribution in [3.8, 4) is 0 Å². The Kier molecular flexibility index (Phi) is 1.69. The molecular formula is C7H13N. The van der Waals surface area contributed by atoms with Gasteiger partial charge in [-0.2, -0.15) is 0 Å². The fraction of sp³-hybridized carbons (Fsp3) is 0.714. The number of nitrogens with two attached hydrogens (primary N) is 1. The van der Waals surface area contributed by atoms with Crippen molar-refractivity contribution in [3.05, 3.63) is 11.6 Å². The molecule has 0 bridgehead atoms. The lowest BCUT2D eigenvalue weighted by molar-refractivity contribution is 1.04. The SMILES string of the molecule is CC(=CC1CC1)CN. The summed E-state index contributed by atoms with van der Waals surface area (Å²) in [7, 11) is 0. The summed E-state index contributed by atoms with van der Waals surface area (Å²) in [6.07, 6.45) is 5.06. The van der Waals surface area contributed by atoms with Crippen LogP contribution in [0.15, 0.2) is 11.6 Å². The molecule has 0 aromatic carbocycles. The van der Waals surface area contributed by atoms with Crippen LogP contribution < -0.4 is 5.73 Å². The van der Waals surface area contributed by atoms with Gasteiger partial charge in [0, 0.05) is 6.54 Å². The third kappa shape index (κ3) is 1.66. The maximum Gasteiger partial charge on any atom is 0.0134 e. The van der Waals surface area contributed by atoms with Gasteiger partial charge < -0.3 is 5.73 Å². The molecule has 0 heterocycles. The van der Waals surface area contributed by atoms with Gasteiger partial charge in [-0.1, -0.05) is 11.6 Å². The van der Waals surface area contributed by atoms with Crippen molar-refractivity contribution in [2.45, 2.75) is 19.8 Å². The summed E-state index contributed by atoms with van der Waals surface area (Å²) < 4.78 is 0. The van der Waals surface area contributed by atoms with E-state index in [9.17, 15) is 0 Å². The van der Waals surface area contributed by atoms with Crippen molar-refractivity contribution >= 4 is 0 Å². The molecule has 1 rings (SSSR count). The highest BCUT2D eigenvalue weighted by molar-refractivity contribution is 5.06. The highest BCUT2D eigenvalue weighted by Gasteiger charge is 2.17. The number of rotatable bonds is 2. The third-order valence-electron chi connectivity index (χ3n) is 1.46. The summed E-state index contributed by atoms with van der Waals surface area (Å²) in [5.74, 6) is 0.888. The molecule has 1 fully saturated rings. The second-order valence-electron chi connectivity index (χ2n) is 2.55. The second kappa shape index (κ2) is 2.31. The molecule has 0 amide bonds. The van der Waals surface area contributed by atoms with Gasteiger partial charge in [-0.15, -0.1) is 0 Å². The van der Waals surface area contributed by atoms with Crippen LogP contribution in [0.1, 0.15) is 19.8 Å². The van der Waals surface area contributed by atoms with Gasteiger partial charge in [0.15, 0.2) is 0 Å². The molecule has 1 aliphatic carbocycles. The Morgan fingerprint density at radius 2 is 2.38 bits per heavy atom. The Hall–Kier alpha value is -0.300. The molecule has 0 aromatic heterocycles. The summed E-state index contributed by atoms with van der Waals surface area (Å²) in [6.45, 7) is 2.83. The normalized spacial score (nSPS) is 21.5. The van der Waals surface area contributed by atoms with Gasteiger partial charge in [-0.3, -0.25) is 0 Å². The molecule has 2 N–H and O–H groups in total. The average molecular weight is 111 g/mol. The summed E-state index contributed by atoms with van der Waals surface area (Å²) in [5, 5.41) is 0. The van der Waals surface area contributed by atoms with Crippen molar-refractivity contribution in [1.82, 2.24) is 0 Å². The van der Waals surface area contributed by atoms with E-state index in [-0.39, 0.29) is 0 Å². The molecule has 0 radical (unpaired) electrons. The fourth-order valence-corrected chi connectivity index (χ4v) is 0.733. The lowest BCUT2D eigenvalue weighted by atomic mass is 10.2. The summed E-state index contributed by atoms with van der Waals surface area (Å²) in [6, 6.07) is 0. The first-order valence-corrected chi connectivity index (χ1v) is 3.20. The van der Waals surface area contributed by atoms with Crippen LogP contribution in [0.5, 0.6) is 0 Å². The number of allylic oxidation sites excluding steroid dienone is 1. The predicted octanol–water partition coefficient (Wildman–Crippen LogP) is 1.30. The van der Waals surface area contributed by atoms with Gasteiger partial charge >= 0.3 is 0 Å². The quantitative estimate of drug-likeness (QED) is 0.534. The monoisotopic (exact) mass is 111 g/mol. The van der Waals surface area contributed by atoms with Crippen molar-refractivity contribution in [3.63, 3.8) is 0 Å². The average Bonchev–Trinajstić information content (AvgIpc) is 2.50. The smallest absolute Gasteiger partial charge is 0.0134 e. The van der Waals surface area contributed by atoms with Crippen LogP contribution in [0, 0.1) is 5.92 Å². The maximum absolute atomic E-state index is 5.38. The van der Waals surface area contributed by atoms with E-state index >= 15 is 0 Å². The van der Waals surface area contributed by atoms with Crippen LogP contribution in [0.25, 0.3) is 0 Å². The molecule has 8 heavy (non-hydrogen) atoms. The Labute approximate surface area is 50.6 Å². The van der Waals surface area contributed by atoms with Gasteiger partial charge in [-0.25, -0.2) is 0 Å². The zero-order valence-electron chi connectivity index (χ0n) is 5.35. The zero-order valence-corrected chi connectivity index (χ0v) is 5.35. The zero-order chi connectivity index (χ0) is 5.98. The van der Waals surface area contributed by atoms with E-state index in [2.05, 4.69) is 13.0 Å². The number of hydrogen-bond donors (Lipinski definition) is 1. The highest BCUT2D eigenvalue weighted by Crippen LogP contribution is 2.30.